The Morgan fingerprint density at radius 1 is 1.20 bits per heavy atom. The van der Waals surface area contributed by atoms with E-state index >= 15 is 0 Å². The quantitative estimate of drug-likeness (QED) is 0.728. The molecule has 1 N–H and O–H groups in total. The molecule has 0 bridgehead atoms. The first-order valence-corrected chi connectivity index (χ1v) is 5.89. The van der Waals surface area contributed by atoms with Crippen LogP contribution in [0.5, 0.6) is 0 Å². The number of rotatable bonds is 5. The third-order valence-corrected chi connectivity index (χ3v) is 2.67. The molecule has 0 saturated heterocycles. The van der Waals surface area contributed by atoms with Crippen molar-refractivity contribution >= 4 is 0 Å². The first-order valence-electron chi connectivity index (χ1n) is 5.89. The Kier molecular flexibility index (Phi) is 4.83. The zero-order valence-electron chi connectivity index (χ0n) is 10.4. The van der Waals surface area contributed by atoms with Crippen molar-refractivity contribution < 1.29 is 0 Å². The van der Waals surface area contributed by atoms with Crippen LogP contribution in [-0.2, 0) is 6.42 Å². The molecule has 15 heavy (non-hydrogen) atoms. The highest BCUT2D eigenvalue weighted by atomic mass is 14.9. The minimum Gasteiger partial charge on any atom is -0.315 e. The summed E-state index contributed by atoms with van der Waals surface area (Å²) in [7, 11) is 0. The van der Waals surface area contributed by atoms with Crippen molar-refractivity contribution in [3.63, 3.8) is 0 Å². The van der Waals surface area contributed by atoms with E-state index in [1.54, 1.807) is 0 Å². The molecule has 0 fully saturated rings. The van der Waals surface area contributed by atoms with Crippen LogP contribution in [0, 0.1) is 13.8 Å². The van der Waals surface area contributed by atoms with Gasteiger partial charge in [-0.15, -0.1) is 0 Å². The second kappa shape index (κ2) is 5.92. The molecule has 0 radical (unpaired) electrons. The lowest BCUT2D eigenvalue weighted by Crippen LogP contribution is -2.23. The summed E-state index contributed by atoms with van der Waals surface area (Å²) >= 11 is 0. The van der Waals surface area contributed by atoms with Crippen LogP contribution in [0.15, 0.2) is 18.2 Å². The van der Waals surface area contributed by atoms with Gasteiger partial charge in [0.2, 0.25) is 0 Å². The van der Waals surface area contributed by atoms with Crippen LogP contribution in [0.1, 0.15) is 37.0 Å². The number of hydrogen-bond donors (Lipinski definition) is 1. The normalized spacial score (nSPS) is 11.0. The molecule has 1 aromatic rings. The second-order valence-electron chi connectivity index (χ2n) is 4.64. The molecule has 0 atom stereocenters. The molecule has 1 nitrogen and oxygen atoms in total. The van der Waals surface area contributed by atoms with Crippen molar-refractivity contribution in [3.8, 4) is 0 Å². The first-order chi connectivity index (χ1) is 7.09. The predicted octanol–water partition coefficient (Wildman–Crippen LogP) is 3.23. The molecule has 0 unspecified atom stereocenters. The second-order valence-corrected chi connectivity index (χ2v) is 4.64. The summed E-state index contributed by atoms with van der Waals surface area (Å²) in [4.78, 5) is 0. The zero-order chi connectivity index (χ0) is 11.3. The topological polar surface area (TPSA) is 12.0 Å². The fraction of sp³-hybridized carbons (Fsp3) is 0.571. The molecule has 1 heteroatoms. The van der Waals surface area contributed by atoms with E-state index in [-0.39, 0.29) is 0 Å². The Hall–Kier alpha value is -0.820. The van der Waals surface area contributed by atoms with Crippen LogP contribution in [0.3, 0.4) is 0 Å². The molecule has 0 spiro atoms. The summed E-state index contributed by atoms with van der Waals surface area (Å²) in [5.41, 5.74) is 4.28. The van der Waals surface area contributed by atoms with E-state index in [0.29, 0.717) is 6.04 Å². The van der Waals surface area contributed by atoms with E-state index in [2.05, 4.69) is 51.2 Å². The number of aryl methyl sites for hydroxylation is 3. The number of hydrogen-bond acceptors (Lipinski definition) is 1. The Morgan fingerprint density at radius 2 is 1.93 bits per heavy atom. The van der Waals surface area contributed by atoms with Gasteiger partial charge in [0.15, 0.2) is 0 Å². The molecule has 84 valence electrons. The van der Waals surface area contributed by atoms with Gasteiger partial charge in [-0.2, -0.15) is 0 Å². The van der Waals surface area contributed by atoms with Gasteiger partial charge >= 0.3 is 0 Å². The predicted molar refractivity (Wildman–Crippen MR) is 67.4 cm³/mol. The van der Waals surface area contributed by atoms with Crippen molar-refractivity contribution in [2.75, 3.05) is 6.54 Å². The summed E-state index contributed by atoms with van der Waals surface area (Å²) < 4.78 is 0. The maximum absolute atomic E-state index is 3.45. The molecular formula is C14H23N. The van der Waals surface area contributed by atoms with Crippen molar-refractivity contribution in [1.29, 1.82) is 0 Å². The minimum atomic E-state index is 0.601. The van der Waals surface area contributed by atoms with E-state index in [9.17, 15) is 0 Å². The van der Waals surface area contributed by atoms with Gasteiger partial charge < -0.3 is 5.32 Å². The summed E-state index contributed by atoms with van der Waals surface area (Å²) in [6.07, 6.45) is 2.41. The third-order valence-electron chi connectivity index (χ3n) is 2.67. The van der Waals surface area contributed by atoms with Crippen LogP contribution in [-0.4, -0.2) is 12.6 Å². The molecule has 0 amide bonds. The molecule has 1 rings (SSSR count). The summed E-state index contributed by atoms with van der Waals surface area (Å²) in [5, 5.41) is 3.45. The zero-order valence-corrected chi connectivity index (χ0v) is 10.4. The molecule has 1 aromatic carbocycles. The Balaban J connectivity index is 2.37. The highest BCUT2D eigenvalue weighted by Crippen LogP contribution is 2.12. The SMILES string of the molecule is Cc1ccc(CCCNC(C)C)c(C)c1. The molecular weight excluding hydrogens is 182 g/mol. The van der Waals surface area contributed by atoms with E-state index in [4.69, 9.17) is 0 Å². The summed E-state index contributed by atoms with van der Waals surface area (Å²) in [6.45, 7) is 9.86. The standard InChI is InChI=1S/C14H23N/c1-11(2)15-9-5-6-14-8-7-12(3)10-13(14)4/h7-8,10-11,15H,5-6,9H2,1-4H3. The van der Waals surface area contributed by atoms with Crippen molar-refractivity contribution in [2.45, 2.75) is 46.6 Å². The summed E-state index contributed by atoms with van der Waals surface area (Å²) in [5.74, 6) is 0. The average Bonchev–Trinajstić information content (AvgIpc) is 2.14. The van der Waals surface area contributed by atoms with Crippen molar-refractivity contribution in [3.05, 3.63) is 34.9 Å². The maximum Gasteiger partial charge on any atom is 0.00103 e. The first kappa shape index (κ1) is 12.3. The lowest BCUT2D eigenvalue weighted by Gasteiger charge is -2.09. The van der Waals surface area contributed by atoms with E-state index in [1.165, 1.54) is 29.5 Å². The van der Waals surface area contributed by atoms with Gasteiger partial charge in [-0.1, -0.05) is 37.6 Å². The van der Waals surface area contributed by atoms with Gasteiger partial charge in [0.1, 0.15) is 0 Å². The fourth-order valence-electron chi connectivity index (χ4n) is 1.80. The molecule has 0 heterocycles. The highest BCUT2D eigenvalue weighted by Gasteiger charge is 1.98. The van der Waals surface area contributed by atoms with Crippen LogP contribution in [0.25, 0.3) is 0 Å². The van der Waals surface area contributed by atoms with Gasteiger partial charge in [-0.25, -0.2) is 0 Å². The minimum absolute atomic E-state index is 0.601. The lowest BCUT2D eigenvalue weighted by molar-refractivity contribution is 0.570. The lowest BCUT2D eigenvalue weighted by atomic mass is 10.0. The molecule has 0 aromatic heterocycles. The Morgan fingerprint density at radius 3 is 2.53 bits per heavy atom. The Bertz CT molecular complexity index is 302. The number of benzene rings is 1. The molecule has 0 aliphatic rings. The van der Waals surface area contributed by atoms with Crippen LogP contribution < -0.4 is 5.32 Å². The van der Waals surface area contributed by atoms with Crippen LogP contribution in [0.4, 0.5) is 0 Å². The molecule has 0 saturated carbocycles. The van der Waals surface area contributed by atoms with Crippen LogP contribution >= 0.6 is 0 Å². The number of nitrogens with one attached hydrogen (secondary N) is 1. The summed E-state index contributed by atoms with van der Waals surface area (Å²) in [6, 6.07) is 7.34. The Labute approximate surface area is 93.9 Å². The van der Waals surface area contributed by atoms with Crippen molar-refractivity contribution in [2.24, 2.45) is 0 Å². The molecule has 0 aliphatic heterocycles. The largest absolute Gasteiger partial charge is 0.315 e. The van der Waals surface area contributed by atoms with Crippen molar-refractivity contribution in [1.82, 2.24) is 5.32 Å². The highest BCUT2D eigenvalue weighted by molar-refractivity contribution is 5.30. The van der Waals surface area contributed by atoms with E-state index in [1.807, 2.05) is 0 Å². The van der Waals surface area contributed by atoms with Gasteiger partial charge in [-0.3, -0.25) is 0 Å². The third kappa shape index (κ3) is 4.48. The van der Waals surface area contributed by atoms with E-state index < -0.39 is 0 Å². The van der Waals surface area contributed by atoms with Crippen LogP contribution in [0.2, 0.25) is 0 Å². The van der Waals surface area contributed by atoms with Gasteiger partial charge in [0, 0.05) is 6.04 Å². The fourth-order valence-corrected chi connectivity index (χ4v) is 1.80. The smallest absolute Gasteiger partial charge is 0.00103 e. The van der Waals surface area contributed by atoms with E-state index in [0.717, 1.165) is 6.54 Å². The van der Waals surface area contributed by atoms with Gasteiger partial charge in [0.25, 0.3) is 0 Å². The average molecular weight is 205 g/mol. The van der Waals surface area contributed by atoms with Gasteiger partial charge in [0.05, 0.1) is 0 Å². The van der Waals surface area contributed by atoms with Gasteiger partial charge in [-0.05, 0) is 44.4 Å². The maximum atomic E-state index is 3.45. The monoisotopic (exact) mass is 205 g/mol. The molecule has 0 aliphatic carbocycles.